The zero-order valence-electron chi connectivity index (χ0n) is 13.5. The molecule has 2 aromatic rings. The molecule has 1 saturated heterocycles. The minimum atomic E-state index is 0.0951. The Kier molecular flexibility index (Phi) is 5.81. The van der Waals surface area contributed by atoms with Crippen LogP contribution in [0.15, 0.2) is 60.7 Å². The van der Waals surface area contributed by atoms with Gasteiger partial charge in [-0.05, 0) is 24.1 Å². The predicted octanol–water partition coefficient (Wildman–Crippen LogP) is 3.09. The summed E-state index contributed by atoms with van der Waals surface area (Å²) in [5.41, 5.74) is 2.51. The molecule has 0 amide bonds. The van der Waals surface area contributed by atoms with Crippen molar-refractivity contribution in [2.75, 3.05) is 19.7 Å². The molecule has 1 heterocycles. The van der Waals surface area contributed by atoms with E-state index < -0.39 is 0 Å². The van der Waals surface area contributed by atoms with Crippen LogP contribution in [0.2, 0.25) is 0 Å². The first-order chi connectivity index (χ1) is 11.3. The van der Waals surface area contributed by atoms with E-state index in [9.17, 15) is 5.11 Å². The Balaban J connectivity index is 1.57. The Hall–Kier alpha value is -1.68. The van der Waals surface area contributed by atoms with Crippen LogP contribution in [0.1, 0.15) is 17.5 Å². The molecule has 0 aromatic heterocycles. The van der Waals surface area contributed by atoms with Crippen molar-refractivity contribution < 1.29 is 9.84 Å². The maximum atomic E-state index is 9.64. The highest BCUT2D eigenvalue weighted by atomic mass is 16.5. The molecule has 0 radical (unpaired) electrons. The molecule has 3 nitrogen and oxygen atoms in total. The summed E-state index contributed by atoms with van der Waals surface area (Å²) in [6.07, 6.45) is 1.08. The third-order valence-electron chi connectivity index (χ3n) is 4.57. The van der Waals surface area contributed by atoms with Gasteiger partial charge in [0.2, 0.25) is 0 Å². The van der Waals surface area contributed by atoms with Crippen molar-refractivity contribution in [3.63, 3.8) is 0 Å². The maximum absolute atomic E-state index is 9.64. The Morgan fingerprint density at radius 2 is 1.61 bits per heavy atom. The summed E-state index contributed by atoms with van der Waals surface area (Å²) in [4.78, 5) is 2.43. The first-order valence-corrected chi connectivity index (χ1v) is 8.38. The average Bonchev–Trinajstić information content (AvgIpc) is 2.62. The lowest BCUT2D eigenvalue weighted by Crippen LogP contribution is -2.45. The summed E-state index contributed by atoms with van der Waals surface area (Å²) in [5, 5.41) is 9.64. The Labute approximate surface area is 138 Å². The van der Waals surface area contributed by atoms with Gasteiger partial charge in [0.15, 0.2) is 0 Å². The zero-order chi connectivity index (χ0) is 15.9. The molecule has 0 aliphatic carbocycles. The second kappa shape index (κ2) is 8.25. The van der Waals surface area contributed by atoms with E-state index in [4.69, 9.17) is 4.74 Å². The van der Waals surface area contributed by atoms with Crippen molar-refractivity contribution in [1.82, 2.24) is 4.90 Å². The zero-order valence-corrected chi connectivity index (χ0v) is 13.5. The monoisotopic (exact) mass is 311 g/mol. The first-order valence-electron chi connectivity index (χ1n) is 8.38. The molecule has 2 aromatic carbocycles. The van der Waals surface area contributed by atoms with Gasteiger partial charge in [-0.1, -0.05) is 60.7 Å². The Morgan fingerprint density at radius 1 is 0.957 bits per heavy atom. The summed E-state index contributed by atoms with van der Waals surface area (Å²) in [7, 11) is 0. The van der Waals surface area contributed by atoms with Gasteiger partial charge in [-0.3, -0.25) is 4.90 Å². The number of piperidine rings is 1. The second-order valence-corrected chi connectivity index (χ2v) is 6.29. The molecule has 0 saturated carbocycles. The minimum absolute atomic E-state index is 0.0951. The van der Waals surface area contributed by atoms with Crippen LogP contribution < -0.4 is 0 Å². The standard InChI is InChI=1S/C20H25NO2/c22-15-19-11-12-21(13-17-7-3-1-4-8-17)14-20(19)23-16-18-9-5-2-6-10-18/h1-10,19-20,22H,11-16H2. The van der Waals surface area contributed by atoms with Gasteiger partial charge in [-0.25, -0.2) is 0 Å². The number of hydrogen-bond donors (Lipinski definition) is 1. The lowest BCUT2D eigenvalue weighted by atomic mass is 9.94. The molecular weight excluding hydrogens is 286 g/mol. The topological polar surface area (TPSA) is 32.7 Å². The van der Waals surface area contributed by atoms with E-state index in [1.807, 2.05) is 24.3 Å². The number of aliphatic hydroxyl groups is 1. The number of aliphatic hydroxyl groups excluding tert-OH is 1. The smallest absolute Gasteiger partial charge is 0.0757 e. The fourth-order valence-electron chi connectivity index (χ4n) is 3.19. The number of benzene rings is 2. The fourth-order valence-corrected chi connectivity index (χ4v) is 3.19. The number of hydrogen-bond acceptors (Lipinski definition) is 3. The van der Waals surface area contributed by atoms with E-state index in [0.29, 0.717) is 6.61 Å². The largest absolute Gasteiger partial charge is 0.396 e. The molecule has 1 N–H and O–H groups in total. The van der Waals surface area contributed by atoms with Gasteiger partial charge in [-0.2, -0.15) is 0 Å². The lowest BCUT2D eigenvalue weighted by molar-refractivity contribution is -0.0622. The SMILES string of the molecule is OCC1CCN(Cc2ccccc2)CC1OCc1ccccc1. The highest BCUT2D eigenvalue weighted by Gasteiger charge is 2.29. The molecule has 0 bridgehead atoms. The summed E-state index contributed by atoms with van der Waals surface area (Å²) in [6.45, 7) is 3.67. The lowest BCUT2D eigenvalue weighted by Gasteiger charge is -2.37. The molecule has 23 heavy (non-hydrogen) atoms. The molecule has 1 aliphatic heterocycles. The molecule has 3 heteroatoms. The van der Waals surface area contributed by atoms with E-state index in [2.05, 4.69) is 41.3 Å². The van der Waals surface area contributed by atoms with Crippen molar-refractivity contribution in [2.45, 2.75) is 25.7 Å². The van der Waals surface area contributed by atoms with Gasteiger partial charge in [0.05, 0.1) is 12.7 Å². The summed E-state index contributed by atoms with van der Waals surface area (Å²) >= 11 is 0. The van der Waals surface area contributed by atoms with Crippen molar-refractivity contribution in [3.05, 3.63) is 71.8 Å². The summed E-state index contributed by atoms with van der Waals surface area (Å²) in [5.74, 6) is 0.241. The number of rotatable bonds is 6. The van der Waals surface area contributed by atoms with Gasteiger partial charge in [0.25, 0.3) is 0 Å². The molecule has 2 unspecified atom stereocenters. The summed E-state index contributed by atoms with van der Waals surface area (Å²) in [6, 6.07) is 20.8. The molecule has 1 fully saturated rings. The quantitative estimate of drug-likeness (QED) is 0.890. The van der Waals surface area contributed by atoms with Crippen LogP contribution in [0, 0.1) is 5.92 Å². The van der Waals surface area contributed by atoms with Crippen LogP contribution >= 0.6 is 0 Å². The molecule has 2 atom stereocenters. The van der Waals surface area contributed by atoms with Crippen molar-refractivity contribution in [3.8, 4) is 0 Å². The van der Waals surface area contributed by atoms with Gasteiger partial charge in [0.1, 0.15) is 0 Å². The molecule has 3 rings (SSSR count). The van der Waals surface area contributed by atoms with Crippen molar-refractivity contribution in [1.29, 1.82) is 0 Å². The normalized spacial score (nSPS) is 22.1. The Morgan fingerprint density at radius 3 is 2.26 bits per heavy atom. The predicted molar refractivity (Wildman–Crippen MR) is 91.9 cm³/mol. The van der Waals surface area contributed by atoms with Gasteiger partial charge >= 0.3 is 0 Å². The first kappa shape index (κ1) is 16.2. The minimum Gasteiger partial charge on any atom is -0.396 e. The fraction of sp³-hybridized carbons (Fsp3) is 0.400. The van der Waals surface area contributed by atoms with Crippen LogP contribution in [0.3, 0.4) is 0 Å². The number of ether oxygens (including phenoxy) is 1. The number of nitrogens with zero attached hydrogens (tertiary/aromatic N) is 1. The van der Waals surface area contributed by atoms with E-state index >= 15 is 0 Å². The average molecular weight is 311 g/mol. The van der Waals surface area contributed by atoms with Gasteiger partial charge < -0.3 is 9.84 Å². The second-order valence-electron chi connectivity index (χ2n) is 6.29. The van der Waals surface area contributed by atoms with Crippen molar-refractivity contribution in [2.24, 2.45) is 5.92 Å². The van der Waals surface area contributed by atoms with E-state index in [0.717, 1.165) is 26.1 Å². The molecule has 0 spiro atoms. The van der Waals surface area contributed by atoms with Gasteiger partial charge in [0, 0.05) is 25.6 Å². The van der Waals surface area contributed by atoms with Crippen LogP contribution in [-0.2, 0) is 17.9 Å². The third kappa shape index (κ3) is 4.64. The maximum Gasteiger partial charge on any atom is 0.0757 e. The third-order valence-corrected chi connectivity index (χ3v) is 4.57. The highest BCUT2D eigenvalue weighted by molar-refractivity contribution is 5.15. The van der Waals surface area contributed by atoms with E-state index in [1.54, 1.807) is 0 Å². The van der Waals surface area contributed by atoms with E-state index in [1.165, 1.54) is 11.1 Å². The highest BCUT2D eigenvalue weighted by Crippen LogP contribution is 2.22. The number of likely N-dealkylation sites (tertiary alicyclic amines) is 1. The molecule has 1 aliphatic rings. The van der Waals surface area contributed by atoms with Crippen LogP contribution in [-0.4, -0.2) is 35.8 Å². The van der Waals surface area contributed by atoms with Crippen molar-refractivity contribution >= 4 is 0 Å². The molecular formula is C20H25NO2. The molecule has 122 valence electrons. The van der Waals surface area contributed by atoms with Crippen LogP contribution in [0.5, 0.6) is 0 Å². The van der Waals surface area contributed by atoms with Gasteiger partial charge in [-0.15, -0.1) is 0 Å². The Bertz CT molecular complexity index is 573. The van der Waals surface area contributed by atoms with E-state index in [-0.39, 0.29) is 18.6 Å². The summed E-state index contributed by atoms with van der Waals surface area (Å²) < 4.78 is 6.14. The van der Waals surface area contributed by atoms with Crippen LogP contribution in [0.4, 0.5) is 0 Å². The van der Waals surface area contributed by atoms with Crippen LogP contribution in [0.25, 0.3) is 0 Å².